The van der Waals surface area contributed by atoms with E-state index in [2.05, 4.69) is 36.4 Å². The summed E-state index contributed by atoms with van der Waals surface area (Å²) in [4.78, 5) is 14.5. The van der Waals surface area contributed by atoms with Crippen LogP contribution in [0.5, 0.6) is 5.75 Å². The van der Waals surface area contributed by atoms with E-state index in [9.17, 15) is 8.42 Å². The Bertz CT molecular complexity index is 1380. The predicted molar refractivity (Wildman–Crippen MR) is 135 cm³/mol. The molecule has 1 fully saturated rings. The molecule has 2 aliphatic rings. The van der Waals surface area contributed by atoms with Crippen LogP contribution in [0.2, 0.25) is 0 Å². The molecule has 0 unspecified atom stereocenters. The summed E-state index contributed by atoms with van der Waals surface area (Å²) in [7, 11) is 0.0230. The zero-order chi connectivity index (χ0) is 24.6. The molecule has 2 aromatic heterocycles. The Morgan fingerprint density at radius 1 is 1.29 bits per heavy atom. The molecule has 0 aliphatic carbocycles. The average molecular weight is 496 g/mol. The minimum absolute atomic E-state index is 0.145. The van der Waals surface area contributed by atoms with Gasteiger partial charge in [0.05, 0.1) is 29.0 Å². The fourth-order valence-electron chi connectivity index (χ4n) is 4.71. The van der Waals surface area contributed by atoms with E-state index in [1.807, 2.05) is 19.3 Å². The summed E-state index contributed by atoms with van der Waals surface area (Å²) in [5, 5.41) is 4.24. The zero-order valence-electron chi connectivity index (χ0n) is 19.9. The van der Waals surface area contributed by atoms with Gasteiger partial charge in [0.2, 0.25) is 10.0 Å². The number of nitrogens with zero attached hydrogens (tertiary/aromatic N) is 5. The summed E-state index contributed by atoms with van der Waals surface area (Å²) in [5.74, 6) is 2.22. The number of amidine groups is 1. The fourth-order valence-corrected chi connectivity index (χ4v) is 6.07. The first-order chi connectivity index (χ1) is 16.9. The summed E-state index contributed by atoms with van der Waals surface area (Å²) >= 11 is 0. The number of aromatic amines is 1. The second-order valence-corrected chi connectivity index (χ2v) is 10.5. The second kappa shape index (κ2) is 9.31. The third-order valence-electron chi connectivity index (χ3n) is 6.51. The molecule has 0 saturated carbocycles. The van der Waals surface area contributed by atoms with Crippen LogP contribution in [0.4, 0.5) is 5.82 Å². The summed E-state index contributed by atoms with van der Waals surface area (Å²) in [6.45, 7) is 5.64. The van der Waals surface area contributed by atoms with Gasteiger partial charge in [0.25, 0.3) is 0 Å². The van der Waals surface area contributed by atoms with Gasteiger partial charge < -0.3 is 14.6 Å². The van der Waals surface area contributed by atoms with E-state index in [1.165, 1.54) is 0 Å². The lowest BCUT2D eigenvalue weighted by atomic mass is 10.0. The highest BCUT2D eigenvalue weighted by atomic mass is 32.2. The van der Waals surface area contributed by atoms with Gasteiger partial charge in [-0.3, -0.25) is 9.67 Å². The van der Waals surface area contributed by atoms with E-state index in [0.717, 1.165) is 40.4 Å². The summed E-state index contributed by atoms with van der Waals surface area (Å²) in [6, 6.07) is 6.94. The monoisotopic (exact) mass is 495 g/mol. The maximum atomic E-state index is 13.0. The topological polar surface area (TPSA) is 117 Å². The highest BCUT2D eigenvalue weighted by Gasteiger charge is 2.28. The van der Waals surface area contributed by atoms with Crippen LogP contribution in [0, 0.1) is 0 Å². The first-order valence-electron chi connectivity index (χ1n) is 11.6. The number of aliphatic imine (C=N–C) groups is 2. The first-order valence-corrected chi connectivity index (χ1v) is 13.0. The number of fused-ring (bicyclic) bond motifs is 1. The average Bonchev–Trinajstić information content (AvgIpc) is 3.59. The molecule has 2 aliphatic heterocycles. The van der Waals surface area contributed by atoms with Crippen molar-refractivity contribution in [2.24, 2.45) is 17.0 Å². The minimum atomic E-state index is -3.60. The maximum absolute atomic E-state index is 13.0. The van der Waals surface area contributed by atoms with Crippen LogP contribution in [0.3, 0.4) is 0 Å². The summed E-state index contributed by atoms with van der Waals surface area (Å²) in [6.07, 6.45) is 5.79. The number of sulfonamides is 1. The lowest BCUT2D eigenvalue weighted by Gasteiger charge is -2.34. The fraction of sp³-hybridized carbons (Fsp3) is 0.375. The van der Waals surface area contributed by atoms with Crippen molar-refractivity contribution in [1.82, 2.24) is 24.4 Å². The Kier molecular flexibility index (Phi) is 6.20. The van der Waals surface area contributed by atoms with E-state index in [-0.39, 0.29) is 10.9 Å². The van der Waals surface area contributed by atoms with Crippen molar-refractivity contribution in [3.63, 3.8) is 0 Å². The van der Waals surface area contributed by atoms with Crippen LogP contribution in [0.25, 0.3) is 11.3 Å². The number of hydrogen-bond donors (Lipinski definition) is 2. The Morgan fingerprint density at radius 2 is 2.09 bits per heavy atom. The number of aryl methyl sites for hydroxylation is 1. The summed E-state index contributed by atoms with van der Waals surface area (Å²) in [5.41, 5.74) is 3.64. The molecule has 1 saturated heterocycles. The molecule has 5 rings (SSSR count). The number of likely N-dealkylation sites (tertiary alicyclic amines) is 1. The van der Waals surface area contributed by atoms with Crippen LogP contribution in [-0.2, 0) is 23.5 Å². The van der Waals surface area contributed by atoms with Crippen LogP contribution >= 0.6 is 0 Å². The van der Waals surface area contributed by atoms with Gasteiger partial charge in [0, 0.05) is 51.4 Å². The van der Waals surface area contributed by atoms with Crippen molar-refractivity contribution >= 4 is 28.4 Å². The highest BCUT2D eigenvalue weighted by Crippen LogP contribution is 2.30. The van der Waals surface area contributed by atoms with E-state index in [0.29, 0.717) is 38.4 Å². The number of H-pyrrole nitrogens is 1. The molecule has 0 bridgehead atoms. The molecule has 35 heavy (non-hydrogen) atoms. The summed E-state index contributed by atoms with van der Waals surface area (Å²) < 4.78 is 36.1. The quantitative estimate of drug-likeness (QED) is 0.403. The molecule has 10 nitrogen and oxygen atoms in total. The van der Waals surface area contributed by atoms with Gasteiger partial charge in [-0.2, -0.15) is 5.10 Å². The number of piperidine rings is 1. The van der Waals surface area contributed by atoms with Gasteiger partial charge in [-0.1, -0.05) is 0 Å². The molecule has 0 spiro atoms. The Hall–Kier alpha value is -3.44. The molecule has 2 N–H and O–H groups in total. The second-order valence-electron chi connectivity index (χ2n) is 8.80. The molecular weight excluding hydrogens is 466 g/mol. The smallest absolute Gasteiger partial charge is 0.240 e. The van der Waals surface area contributed by atoms with Gasteiger partial charge in [-0.15, -0.1) is 0 Å². The van der Waals surface area contributed by atoms with E-state index in [4.69, 9.17) is 4.74 Å². The zero-order valence-corrected chi connectivity index (χ0v) is 20.7. The lowest BCUT2D eigenvalue weighted by molar-refractivity contribution is 0.302. The van der Waals surface area contributed by atoms with Crippen LogP contribution < -0.4 is 9.46 Å². The van der Waals surface area contributed by atoms with Crippen molar-refractivity contribution in [2.75, 3.05) is 26.7 Å². The third kappa shape index (κ3) is 4.61. The SMILES string of the molecule is C=Nc1[nH]c(-c2cnn(C)c2)cc1/C(=N\C)N1CCC(NS(=O)(=O)c2ccc3c(c2)CCO3)CC1. The van der Waals surface area contributed by atoms with Crippen LogP contribution in [0.15, 0.2) is 51.5 Å². The van der Waals surface area contributed by atoms with Gasteiger partial charge >= 0.3 is 0 Å². The number of hydrogen-bond acceptors (Lipinski definition) is 6. The molecule has 0 radical (unpaired) electrons. The van der Waals surface area contributed by atoms with E-state index in [1.54, 1.807) is 36.1 Å². The largest absolute Gasteiger partial charge is 0.493 e. The van der Waals surface area contributed by atoms with Crippen molar-refractivity contribution < 1.29 is 13.2 Å². The van der Waals surface area contributed by atoms with Gasteiger partial charge in [-0.05, 0) is 49.4 Å². The van der Waals surface area contributed by atoms with Crippen molar-refractivity contribution in [1.29, 1.82) is 0 Å². The first kappa shape index (κ1) is 23.3. The molecule has 11 heteroatoms. The molecule has 3 aromatic rings. The van der Waals surface area contributed by atoms with Crippen molar-refractivity contribution in [2.45, 2.75) is 30.2 Å². The Balaban J connectivity index is 1.27. The van der Waals surface area contributed by atoms with Gasteiger partial charge in [0.15, 0.2) is 0 Å². The normalized spacial score (nSPS) is 16.9. The lowest BCUT2D eigenvalue weighted by Crippen LogP contribution is -2.46. The molecule has 4 heterocycles. The van der Waals surface area contributed by atoms with Crippen LogP contribution in [0.1, 0.15) is 24.0 Å². The highest BCUT2D eigenvalue weighted by molar-refractivity contribution is 7.89. The standard InChI is InChI=1S/C24H29N7O3S/c1-25-23-20(13-21(28-23)17-14-27-30(3)15-17)24(26-2)31-9-6-18(7-10-31)29-35(32,33)19-4-5-22-16(12-19)8-11-34-22/h4-5,12-15,18,28-29H,1,6-11H2,2-3H3/b26-24+. The predicted octanol–water partition coefficient (Wildman–Crippen LogP) is 2.50. The Labute approximate surface area is 204 Å². The Morgan fingerprint density at radius 3 is 2.77 bits per heavy atom. The van der Waals surface area contributed by atoms with E-state index >= 15 is 0 Å². The third-order valence-corrected chi connectivity index (χ3v) is 8.03. The number of nitrogens with one attached hydrogen (secondary N) is 2. The number of benzene rings is 1. The van der Waals surface area contributed by atoms with Gasteiger partial charge in [0.1, 0.15) is 17.4 Å². The van der Waals surface area contributed by atoms with Crippen molar-refractivity contribution in [3.05, 3.63) is 47.8 Å². The maximum Gasteiger partial charge on any atom is 0.240 e. The minimum Gasteiger partial charge on any atom is -0.493 e. The number of aromatic nitrogens is 3. The molecule has 1 aromatic carbocycles. The molecule has 184 valence electrons. The number of rotatable bonds is 6. The molecular formula is C24H29N7O3S. The van der Waals surface area contributed by atoms with E-state index < -0.39 is 10.0 Å². The molecule has 0 atom stereocenters. The van der Waals surface area contributed by atoms with Gasteiger partial charge in [-0.25, -0.2) is 18.1 Å². The van der Waals surface area contributed by atoms with Crippen molar-refractivity contribution in [3.8, 4) is 17.0 Å². The molecule has 0 amide bonds. The van der Waals surface area contributed by atoms with Crippen LogP contribution in [-0.4, -0.2) is 73.4 Å². The number of ether oxygens (including phenoxy) is 1.